The van der Waals surface area contributed by atoms with E-state index in [1.807, 2.05) is 12.1 Å². The molecule has 4 heteroatoms. The van der Waals surface area contributed by atoms with Crippen molar-refractivity contribution < 1.29 is 14.3 Å². The van der Waals surface area contributed by atoms with Crippen molar-refractivity contribution in [2.24, 2.45) is 0 Å². The summed E-state index contributed by atoms with van der Waals surface area (Å²) in [4.78, 5) is 15.3. The van der Waals surface area contributed by atoms with E-state index in [2.05, 4.69) is 24.0 Å². The molecule has 0 spiro atoms. The first-order valence-corrected chi connectivity index (χ1v) is 6.31. The molecule has 3 rings (SSSR count). The van der Waals surface area contributed by atoms with Crippen molar-refractivity contribution in [1.82, 2.24) is 4.98 Å². The summed E-state index contributed by atoms with van der Waals surface area (Å²) < 4.78 is 5.13. The lowest BCUT2D eigenvalue weighted by molar-refractivity contribution is 0.0662. The van der Waals surface area contributed by atoms with Gasteiger partial charge in [-0.1, -0.05) is 31.2 Å². The molecule has 1 fully saturated rings. The van der Waals surface area contributed by atoms with E-state index in [4.69, 9.17) is 9.52 Å². The number of hydrogen-bond acceptors (Lipinski definition) is 3. The zero-order valence-corrected chi connectivity index (χ0v) is 10.9. The molecule has 1 aromatic carbocycles. The van der Waals surface area contributed by atoms with Crippen molar-refractivity contribution in [1.29, 1.82) is 0 Å². The number of hydrogen-bond donors (Lipinski definition) is 1. The van der Waals surface area contributed by atoms with Gasteiger partial charge in [0.05, 0.1) is 0 Å². The first-order valence-electron chi connectivity index (χ1n) is 6.31. The standard InChI is InChI=1S/C15H15NO3/c1-9-16-12(13(19-9)14(17)18)10-3-5-11(6-4-10)15(2)7-8-15/h3-6H,7-8H2,1-2H3,(H,17,18). The zero-order chi connectivity index (χ0) is 13.6. The van der Waals surface area contributed by atoms with E-state index in [0.717, 1.165) is 5.56 Å². The molecule has 0 radical (unpaired) electrons. The third kappa shape index (κ3) is 2.03. The highest BCUT2D eigenvalue weighted by atomic mass is 16.4. The molecular formula is C15H15NO3. The third-order valence-corrected chi connectivity index (χ3v) is 3.78. The molecule has 1 heterocycles. The second kappa shape index (κ2) is 3.95. The topological polar surface area (TPSA) is 63.3 Å². The Hall–Kier alpha value is -2.10. The first kappa shape index (κ1) is 12.0. The maximum atomic E-state index is 11.1. The molecular weight excluding hydrogens is 242 g/mol. The summed E-state index contributed by atoms with van der Waals surface area (Å²) in [7, 11) is 0. The van der Waals surface area contributed by atoms with Gasteiger partial charge >= 0.3 is 5.97 Å². The quantitative estimate of drug-likeness (QED) is 0.915. The molecule has 0 aliphatic heterocycles. The number of carboxylic acid groups (broad SMARTS) is 1. The molecule has 1 saturated carbocycles. The van der Waals surface area contributed by atoms with E-state index in [0.29, 0.717) is 17.0 Å². The molecule has 98 valence electrons. The van der Waals surface area contributed by atoms with Crippen molar-refractivity contribution in [3.05, 3.63) is 41.5 Å². The lowest BCUT2D eigenvalue weighted by Crippen LogP contribution is -2.00. The predicted molar refractivity (Wildman–Crippen MR) is 70.2 cm³/mol. The summed E-state index contributed by atoms with van der Waals surface area (Å²) in [5.41, 5.74) is 2.79. The number of benzene rings is 1. The van der Waals surface area contributed by atoms with Gasteiger partial charge < -0.3 is 9.52 Å². The van der Waals surface area contributed by atoms with Gasteiger partial charge in [0.15, 0.2) is 5.89 Å². The zero-order valence-electron chi connectivity index (χ0n) is 10.9. The third-order valence-electron chi connectivity index (χ3n) is 3.78. The maximum Gasteiger partial charge on any atom is 0.374 e. The molecule has 0 unspecified atom stereocenters. The summed E-state index contributed by atoms with van der Waals surface area (Å²) in [5, 5.41) is 9.10. The summed E-state index contributed by atoms with van der Waals surface area (Å²) >= 11 is 0. The van der Waals surface area contributed by atoms with Crippen LogP contribution in [0.15, 0.2) is 28.7 Å². The highest BCUT2D eigenvalue weighted by Gasteiger charge is 2.38. The van der Waals surface area contributed by atoms with Crippen molar-refractivity contribution >= 4 is 5.97 Å². The number of oxazole rings is 1. The molecule has 4 nitrogen and oxygen atoms in total. The van der Waals surface area contributed by atoms with Gasteiger partial charge in [0.1, 0.15) is 5.69 Å². The first-order chi connectivity index (χ1) is 8.99. The molecule has 0 amide bonds. The maximum absolute atomic E-state index is 11.1. The Bertz CT molecular complexity index is 636. The summed E-state index contributed by atoms with van der Waals surface area (Å²) in [6.45, 7) is 3.89. The van der Waals surface area contributed by atoms with Crippen LogP contribution in [0.1, 0.15) is 41.8 Å². The Morgan fingerprint density at radius 3 is 2.47 bits per heavy atom. The van der Waals surface area contributed by atoms with Gasteiger partial charge in [-0.2, -0.15) is 0 Å². The Morgan fingerprint density at radius 1 is 1.32 bits per heavy atom. The van der Waals surface area contributed by atoms with Crippen LogP contribution < -0.4 is 0 Å². The Kier molecular flexibility index (Phi) is 2.49. The second-order valence-corrected chi connectivity index (χ2v) is 5.35. The summed E-state index contributed by atoms with van der Waals surface area (Å²) in [6.07, 6.45) is 2.44. The fourth-order valence-electron chi connectivity index (χ4n) is 2.27. The Balaban J connectivity index is 2.00. The van der Waals surface area contributed by atoms with Crippen LogP contribution in [0, 0.1) is 6.92 Å². The average Bonchev–Trinajstić information content (AvgIpc) is 3.00. The van der Waals surface area contributed by atoms with Gasteiger partial charge in [0.25, 0.3) is 0 Å². The number of carbonyl (C=O) groups is 1. The lowest BCUT2D eigenvalue weighted by atomic mass is 9.96. The van der Waals surface area contributed by atoms with Gasteiger partial charge in [-0.25, -0.2) is 9.78 Å². The van der Waals surface area contributed by atoms with Crippen LogP contribution in [0.3, 0.4) is 0 Å². The van der Waals surface area contributed by atoms with Crippen LogP contribution in [-0.2, 0) is 5.41 Å². The molecule has 1 aliphatic rings. The van der Waals surface area contributed by atoms with Crippen LogP contribution in [-0.4, -0.2) is 16.1 Å². The van der Waals surface area contributed by atoms with Crippen molar-refractivity contribution in [2.75, 3.05) is 0 Å². The van der Waals surface area contributed by atoms with Gasteiger partial charge in [0.2, 0.25) is 5.76 Å². The van der Waals surface area contributed by atoms with Gasteiger partial charge in [-0.3, -0.25) is 0 Å². The van der Waals surface area contributed by atoms with Crippen LogP contribution in [0.25, 0.3) is 11.3 Å². The van der Waals surface area contributed by atoms with Crippen LogP contribution in [0.5, 0.6) is 0 Å². The second-order valence-electron chi connectivity index (χ2n) is 5.35. The highest BCUT2D eigenvalue weighted by molar-refractivity contribution is 5.91. The number of rotatable bonds is 3. The van der Waals surface area contributed by atoms with E-state index in [-0.39, 0.29) is 5.76 Å². The molecule has 1 N–H and O–H groups in total. The van der Waals surface area contributed by atoms with Gasteiger partial charge in [-0.15, -0.1) is 0 Å². The van der Waals surface area contributed by atoms with Crippen molar-refractivity contribution in [3.63, 3.8) is 0 Å². The van der Waals surface area contributed by atoms with Crippen molar-refractivity contribution in [2.45, 2.75) is 32.1 Å². The van der Waals surface area contributed by atoms with Crippen molar-refractivity contribution in [3.8, 4) is 11.3 Å². The SMILES string of the molecule is Cc1nc(-c2ccc(C3(C)CC3)cc2)c(C(=O)O)o1. The molecule has 1 aromatic heterocycles. The number of aromatic carboxylic acids is 1. The highest BCUT2D eigenvalue weighted by Crippen LogP contribution is 2.47. The minimum Gasteiger partial charge on any atom is -0.475 e. The molecule has 2 aromatic rings. The minimum absolute atomic E-state index is 0.0946. The number of aryl methyl sites for hydroxylation is 1. The number of nitrogens with zero attached hydrogens (tertiary/aromatic N) is 1. The summed E-state index contributed by atoms with van der Waals surface area (Å²) in [6, 6.07) is 7.95. The van der Waals surface area contributed by atoms with E-state index >= 15 is 0 Å². The predicted octanol–water partition coefficient (Wildman–Crippen LogP) is 3.40. The van der Waals surface area contributed by atoms with E-state index in [9.17, 15) is 4.79 Å². The number of carboxylic acids is 1. The average molecular weight is 257 g/mol. The fraction of sp³-hybridized carbons (Fsp3) is 0.333. The number of aromatic nitrogens is 1. The molecule has 0 bridgehead atoms. The van der Waals surface area contributed by atoms with Crippen LogP contribution in [0.2, 0.25) is 0 Å². The van der Waals surface area contributed by atoms with Crippen LogP contribution in [0.4, 0.5) is 0 Å². The molecule has 1 aliphatic carbocycles. The largest absolute Gasteiger partial charge is 0.475 e. The minimum atomic E-state index is -1.09. The smallest absolute Gasteiger partial charge is 0.374 e. The lowest BCUT2D eigenvalue weighted by Gasteiger charge is -2.08. The summed E-state index contributed by atoms with van der Waals surface area (Å²) in [5.74, 6) is -0.817. The Labute approximate surface area is 111 Å². The van der Waals surface area contributed by atoms with Crippen LogP contribution >= 0.6 is 0 Å². The molecule has 0 saturated heterocycles. The Morgan fingerprint density at radius 2 is 1.95 bits per heavy atom. The monoisotopic (exact) mass is 257 g/mol. The van der Waals surface area contributed by atoms with Gasteiger partial charge in [-0.05, 0) is 23.8 Å². The van der Waals surface area contributed by atoms with Gasteiger partial charge in [0, 0.05) is 12.5 Å². The normalized spacial score (nSPS) is 16.3. The molecule has 0 atom stereocenters. The van der Waals surface area contributed by atoms with E-state index in [1.165, 1.54) is 18.4 Å². The van der Waals surface area contributed by atoms with E-state index < -0.39 is 5.97 Å². The van der Waals surface area contributed by atoms with E-state index in [1.54, 1.807) is 6.92 Å². The molecule has 19 heavy (non-hydrogen) atoms. The fourth-order valence-corrected chi connectivity index (χ4v) is 2.27.